The molecular formula is C10H12N4O. The van der Waals surface area contributed by atoms with E-state index in [1.54, 1.807) is 11.1 Å². The van der Waals surface area contributed by atoms with Crippen molar-refractivity contribution in [2.45, 2.75) is 12.8 Å². The molecule has 0 aromatic carbocycles. The van der Waals surface area contributed by atoms with E-state index in [1.807, 2.05) is 0 Å². The third-order valence-electron chi connectivity index (χ3n) is 2.25. The molecule has 2 rings (SSSR count). The fraction of sp³-hybridized carbons (Fsp3) is 0.400. The summed E-state index contributed by atoms with van der Waals surface area (Å²) in [6, 6.07) is 3.68. The lowest BCUT2D eigenvalue weighted by Crippen LogP contribution is -2.31. The summed E-state index contributed by atoms with van der Waals surface area (Å²) in [4.78, 5) is 9.55. The van der Waals surface area contributed by atoms with Crippen LogP contribution in [0, 0.1) is 11.3 Å². The molecule has 0 bridgehead atoms. The fourth-order valence-corrected chi connectivity index (χ4v) is 1.52. The zero-order chi connectivity index (χ0) is 10.7. The van der Waals surface area contributed by atoms with Crippen molar-refractivity contribution in [2.75, 3.05) is 23.9 Å². The Morgan fingerprint density at radius 1 is 1.53 bits per heavy atom. The van der Waals surface area contributed by atoms with Crippen LogP contribution >= 0.6 is 0 Å². The smallest absolute Gasteiger partial charge is 0.170 e. The van der Waals surface area contributed by atoms with Gasteiger partial charge in [-0.3, -0.25) is 4.84 Å². The SMILES string of the molecule is N#Cc1cc(N)cnc1N1CCCCO1. The molecule has 1 aliphatic heterocycles. The lowest BCUT2D eigenvalue weighted by atomic mass is 10.2. The van der Waals surface area contributed by atoms with Crippen molar-refractivity contribution in [3.05, 3.63) is 17.8 Å². The molecule has 0 unspecified atom stereocenters. The number of aromatic nitrogens is 1. The normalized spacial score (nSPS) is 16.1. The van der Waals surface area contributed by atoms with Crippen LogP contribution in [-0.2, 0) is 4.84 Å². The minimum absolute atomic E-state index is 0.455. The van der Waals surface area contributed by atoms with Crippen LogP contribution in [0.15, 0.2) is 12.3 Å². The van der Waals surface area contributed by atoms with Gasteiger partial charge in [-0.1, -0.05) is 0 Å². The molecule has 0 spiro atoms. The number of nitrogen functional groups attached to an aromatic ring is 1. The Morgan fingerprint density at radius 3 is 3.07 bits per heavy atom. The third kappa shape index (κ3) is 2.00. The van der Waals surface area contributed by atoms with Gasteiger partial charge < -0.3 is 5.73 Å². The number of hydrogen-bond acceptors (Lipinski definition) is 5. The average Bonchev–Trinajstić information content (AvgIpc) is 2.30. The number of hydroxylamine groups is 1. The molecule has 1 aromatic heterocycles. The van der Waals surface area contributed by atoms with Crippen LogP contribution in [0.1, 0.15) is 18.4 Å². The van der Waals surface area contributed by atoms with Crippen molar-refractivity contribution in [2.24, 2.45) is 0 Å². The minimum Gasteiger partial charge on any atom is -0.397 e. The molecule has 0 radical (unpaired) electrons. The predicted octanol–water partition coefficient (Wildman–Crippen LogP) is 1.07. The second-order valence-electron chi connectivity index (χ2n) is 3.39. The summed E-state index contributed by atoms with van der Waals surface area (Å²) in [6.07, 6.45) is 3.64. The molecule has 0 saturated carbocycles. The summed E-state index contributed by atoms with van der Waals surface area (Å²) in [5.74, 6) is 0.561. The highest BCUT2D eigenvalue weighted by Gasteiger charge is 2.16. The van der Waals surface area contributed by atoms with Gasteiger partial charge in [0.2, 0.25) is 0 Å². The zero-order valence-electron chi connectivity index (χ0n) is 8.31. The maximum Gasteiger partial charge on any atom is 0.170 e. The Labute approximate surface area is 88.0 Å². The van der Waals surface area contributed by atoms with E-state index < -0.39 is 0 Å². The van der Waals surface area contributed by atoms with E-state index in [0.717, 1.165) is 19.4 Å². The van der Waals surface area contributed by atoms with Crippen LogP contribution in [0.5, 0.6) is 0 Å². The van der Waals surface area contributed by atoms with Gasteiger partial charge in [-0.25, -0.2) is 10.0 Å². The monoisotopic (exact) mass is 204 g/mol. The van der Waals surface area contributed by atoms with Crippen molar-refractivity contribution in [3.8, 4) is 6.07 Å². The highest BCUT2D eigenvalue weighted by Crippen LogP contribution is 2.21. The molecule has 0 atom stereocenters. The lowest BCUT2D eigenvalue weighted by molar-refractivity contribution is 0.0760. The molecule has 1 fully saturated rings. The number of hydrogen-bond donors (Lipinski definition) is 1. The van der Waals surface area contributed by atoms with Gasteiger partial charge in [0.25, 0.3) is 0 Å². The Balaban J connectivity index is 2.30. The molecule has 1 aromatic rings. The summed E-state index contributed by atoms with van der Waals surface area (Å²) >= 11 is 0. The van der Waals surface area contributed by atoms with Gasteiger partial charge in [0.05, 0.1) is 24.1 Å². The van der Waals surface area contributed by atoms with Gasteiger partial charge in [0.15, 0.2) is 5.82 Å². The highest BCUT2D eigenvalue weighted by atomic mass is 16.7. The van der Waals surface area contributed by atoms with Gasteiger partial charge >= 0.3 is 0 Å². The molecule has 0 amide bonds. The third-order valence-corrected chi connectivity index (χ3v) is 2.25. The molecule has 1 aliphatic rings. The summed E-state index contributed by atoms with van der Waals surface area (Å²) in [7, 11) is 0. The first kappa shape index (κ1) is 9.74. The van der Waals surface area contributed by atoms with E-state index in [1.165, 1.54) is 6.20 Å². The second kappa shape index (κ2) is 4.15. The Bertz CT molecular complexity index is 393. The van der Waals surface area contributed by atoms with Gasteiger partial charge in [-0.15, -0.1) is 0 Å². The number of rotatable bonds is 1. The summed E-state index contributed by atoms with van der Waals surface area (Å²) in [5, 5.41) is 10.6. The van der Waals surface area contributed by atoms with Crippen molar-refractivity contribution in [3.63, 3.8) is 0 Å². The molecule has 2 heterocycles. The van der Waals surface area contributed by atoms with E-state index in [0.29, 0.717) is 23.7 Å². The molecular weight excluding hydrogens is 192 g/mol. The molecule has 0 aliphatic carbocycles. The Kier molecular flexibility index (Phi) is 2.70. The first-order chi connectivity index (χ1) is 7.31. The molecule has 2 N–H and O–H groups in total. The van der Waals surface area contributed by atoms with Crippen LogP contribution in [0.3, 0.4) is 0 Å². The van der Waals surface area contributed by atoms with Crippen molar-refractivity contribution in [1.82, 2.24) is 4.98 Å². The lowest BCUT2D eigenvalue weighted by Gasteiger charge is -2.27. The van der Waals surface area contributed by atoms with E-state index in [-0.39, 0.29) is 0 Å². The van der Waals surface area contributed by atoms with E-state index >= 15 is 0 Å². The first-order valence-corrected chi connectivity index (χ1v) is 4.87. The van der Waals surface area contributed by atoms with Crippen molar-refractivity contribution in [1.29, 1.82) is 5.26 Å². The minimum atomic E-state index is 0.455. The quantitative estimate of drug-likeness (QED) is 0.740. The summed E-state index contributed by atoms with van der Waals surface area (Å²) in [5.41, 5.74) is 6.51. The summed E-state index contributed by atoms with van der Waals surface area (Å²) in [6.45, 7) is 1.45. The van der Waals surface area contributed by atoms with Crippen LogP contribution < -0.4 is 10.8 Å². The zero-order valence-corrected chi connectivity index (χ0v) is 8.31. The average molecular weight is 204 g/mol. The Hall–Kier alpha value is -1.80. The molecule has 78 valence electrons. The van der Waals surface area contributed by atoms with Crippen LogP contribution in [0.2, 0.25) is 0 Å². The van der Waals surface area contributed by atoms with Crippen molar-refractivity contribution < 1.29 is 4.84 Å². The van der Waals surface area contributed by atoms with E-state index in [9.17, 15) is 0 Å². The van der Waals surface area contributed by atoms with Gasteiger partial charge in [-0.05, 0) is 18.9 Å². The van der Waals surface area contributed by atoms with Gasteiger partial charge in [0, 0.05) is 6.54 Å². The first-order valence-electron chi connectivity index (χ1n) is 4.87. The van der Waals surface area contributed by atoms with Crippen LogP contribution in [0.4, 0.5) is 11.5 Å². The number of nitrogens with zero attached hydrogens (tertiary/aromatic N) is 3. The number of nitriles is 1. The Morgan fingerprint density at radius 2 is 2.40 bits per heavy atom. The topological polar surface area (TPSA) is 75.2 Å². The standard InChI is InChI=1S/C10H12N4O/c11-6-8-5-9(12)7-13-10(8)14-3-1-2-4-15-14/h5,7H,1-4,12H2. The fourth-order valence-electron chi connectivity index (χ4n) is 1.52. The molecule has 1 saturated heterocycles. The number of anilines is 2. The molecule has 5 heteroatoms. The maximum atomic E-state index is 8.95. The number of pyridine rings is 1. The summed E-state index contributed by atoms with van der Waals surface area (Å²) < 4.78 is 0. The molecule has 5 nitrogen and oxygen atoms in total. The highest BCUT2D eigenvalue weighted by molar-refractivity contribution is 5.57. The van der Waals surface area contributed by atoms with Gasteiger partial charge in [-0.2, -0.15) is 5.26 Å². The maximum absolute atomic E-state index is 8.95. The van der Waals surface area contributed by atoms with E-state index in [4.69, 9.17) is 15.8 Å². The predicted molar refractivity (Wildman–Crippen MR) is 55.9 cm³/mol. The van der Waals surface area contributed by atoms with Crippen molar-refractivity contribution >= 4 is 11.5 Å². The van der Waals surface area contributed by atoms with E-state index in [2.05, 4.69) is 11.1 Å². The van der Waals surface area contributed by atoms with Crippen LogP contribution in [0.25, 0.3) is 0 Å². The van der Waals surface area contributed by atoms with Crippen LogP contribution in [-0.4, -0.2) is 18.1 Å². The van der Waals surface area contributed by atoms with Gasteiger partial charge in [0.1, 0.15) is 6.07 Å². The second-order valence-corrected chi connectivity index (χ2v) is 3.39. The number of nitrogens with two attached hydrogens (primary N) is 1. The largest absolute Gasteiger partial charge is 0.397 e. The molecule has 15 heavy (non-hydrogen) atoms.